The Balaban J connectivity index is 1.61. The second-order valence-electron chi connectivity index (χ2n) is 5.47. The van der Waals surface area contributed by atoms with E-state index in [1.165, 1.54) is 6.21 Å². The summed E-state index contributed by atoms with van der Waals surface area (Å²) in [5.74, 6) is 0.360. The maximum absolute atomic E-state index is 12.1. The molecule has 0 fully saturated rings. The van der Waals surface area contributed by atoms with Gasteiger partial charge in [-0.1, -0.05) is 48.0 Å². The van der Waals surface area contributed by atoms with Crippen molar-refractivity contribution in [3.8, 4) is 17.0 Å². The molecule has 0 unspecified atom stereocenters. The Labute approximate surface area is 161 Å². The van der Waals surface area contributed by atoms with Crippen molar-refractivity contribution < 1.29 is 9.53 Å². The third-order valence-corrected chi connectivity index (χ3v) is 4.04. The number of ether oxygens (including phenoxy) is 1. The highest BCUT2D eigenvalue weighted by atomic mass is 35.5. The van der Waals surface area contributed by atoms with Gasteiger partial charge in [-0.2, -0.15) is 10.2 Å². The van der Waals surface area contributed by atoms with Crippen molar-refractivity contribution in [3.05, 3.63) is 77.0 Å². The van der Waals surface area contributed by atoms with Crippen LogP contribution in [-0.2, 0) is 0 Å². The largest absolute Gasteiger partial charge is 0.496 e. The third-order valence-electron chi connectivity index (χ3n) is 3.71. The molecule has 0 atom stereocenters. The zero-order valence-electron chi connectivity index (χ0n) is 14.5. The summed E-state index contributed by atoms with van der Waals surface area (Å²) in [6.07, 6.45) is 5.02. The van der Waals surface area contributed by atoms with Crippen LogP contribution in [0.2, 0.25) is 5.02 Å². The van der Waals surface area contributed by atoms with Gasteiger partial charge in [-0.3, -0.25) is 9.89 Å². The molecule has 2 aromatic carbocycles. The van der Waals surface area contributed by atoms with Gasteiger partial charge in [0, 0.05) is 17.3 Å². The number of aromatic amines is 1. The average Bonchev–Trinajstić information content (AvgIpc) is 3.18. The normalized spacial score (nSPS) is 11.2. The van der Waals surface area contributed by atoms with Crippen molar-refractivity contribution >= 4 is 29.8 Å². The number of halogens is 1. The van der Waals surface area contributed by atoms with Crippen LogP contribution in [0, 0.1) is 0 Å². The highest BCUT2D eigenvalue weighted by Crippen LogP contribution is 2.26. The average molecular weight is 381 g/mol. The number of H-pyrrole nitrogens is 1. The van der Waals surface area contributed by atoms with E-state index in [0.717, 1.165) is 16.9 Å². The number of methoxy groups -OCH3 is 1. The summed E-state index contributed by atoms with van der Waals surface area (Å²) in [6, 6.07) is 16.5. The summed E-state index contributed by atoms with van der Waals surface area (Å²) >= 11 is 6.14. The predicted octanol–water partition coefficient (Wildman–Crippen LogP) is 4.17. The molecule has 0 saturated carbocycles. The number of carbonyl (C=O) groups is 1. The van der Waals surface area contributed by atoms with E-state index in [9.17, 15) is 4.79 Å². The Morgan fingerprint density at radius 2 is 2.00 bits per heavy atom. The molecule has 1 amide bonds. The molecule has 1 heterocycles. The number of nitrogens with one attached hydrogen (secondary N) is 2. The standard InChI is InChI=1S/C20H17ClN4O2/c1-27-19-11-5-2-7-14(19)8-6-12-22-25-20(26)18-13-17(23-24-18)15-9-3-4-10-16(15)21/h2-13H,1H3,(H,23,24)(H,25,26)/b8-6+,22-12-. The van der Waals surface area contributed by atoms with E-state index >= 15 is 0 Å². The van der Waals surface area contributed by atoms with Gasteiger partial charge in [-0.15, -0.1) is 0 Å². The first kappa shape index (κ1) is 18.4. The topological polar surface area (TPSA) is 79.4 Å². The Morgan fingerprint density at radius 3 is 2.81 bits per heavy atom. The van der Waals surface area contributed by atoms with Gasteiger partial charge in [0.25, 0.3) is 5.91 Å². The second kappa shape index (κ2) is 8.82. The van der Waals surface area contributed by atoms with Crippen molar-refractivity contribution in [2.24, 2.45) is 5.10 Å². The molecule has 0 spiro atoms. The van der Waals surface area contributed by atoms with Crippen LogP contribution in [0.3, 0.4) is 0 Å². The number of benzene rings is 2. The van der Waals surface area contributed by atoms with Gasteiger partial charge in [0.1, 0.15) is 11.4 Å². The minimum atomic E-state index is -0.400. The Bertz CT molecular complexity index is 995. The number of para-hydroxylation sites is 1. The third kappa shape index (κ3) is 4.62. The number of carbonyl (C=O) groups excluding carboxylic acids is 1. The van der Waals surface area contributed by atoms with Crippen molar-refractivity contribution in [1.29, 1.82) is 0 Å². The SMILES string of the molecule is COc1ccccc1/C=C/C=N\NC(=O)c1cc(-c2ccccc2Cl)n[nH]1. The molecule has 7 heteroatoms. The number of amides is 1. The molecule has 2 N–H and O–H groups in total. The summed E-state index contributed by atoms with van der Waals surface area (Å²) in [4.78, 5) is 12.1. The molecule has 0 saturated heterocycles. The van der Waals surface area contributed by atoms with Gasteiger partial charge < -0.3 is 4.74 Å². The summed E-state index contributed by atoms with van der Waals surface area (Å²) in [7, 11) is 1.61. The van der Waals surface area contributed by atoms with E-state index in [1.54, 1.807) is 25.3 Å². The fraction of sp³-hybridized carbons (Fsp3) is 0.0500. The molecule has 0 aliphatic carbocycles. The Morgan fingerprint density at radius 1 is 1.22 bits per heavy atom. The van der Waals surface area contributed by atoms with Crippen LogP contribution >= 0.6 is 11.6 Å². The van der Waals surface area contributed by atoms with Gasteiger partial charge >= 0.3 is 0 Å². The quantitative estimate of drug-likeness (QED) is 0.497. The molecule has 0 radical (unpaired) electrons. The number of hydrogen-bond acceptors (Lipinski definition) is 4. The van der Waals surface area contributed by atoms with Crippen molar-refractivity contribution in [1.82, 2.24) is 15.6 Å². The van der Waals surface area contributed by atoms with Gasteiger partial charge in [0.05, 0.1) is 17.8 Å². The fourth-order valence-corrected chi connectivity index (χ4v) is 2.63. The van der Waals surface area contributed by atoms with Crippen LogP contribution in [0.4, 0.5) is 0 Å². The van der Waals surface area contributed by atoms with Crippen molar-refractivity contribution in [2.75, 3.05) is 7.11 Å². The van der Waals surface area contributed by atoms with Crippen molar-refractivity contribution in [2.45, 2.75) is 0 Å². The molecule has 1 aromatic heterocycles. The monoisotopic (exact) mass is 380 g/mol. The van der Waals surface area contributed by atoms with Gasteiger partial charge in [-0.25, -0.2) is 5.43 Å². The van der Waals surface area contributed by atoms with Crippen LogP contribution in [-0.4, -0.2) is 29.4 Å². The molecule has 3 aromatic rings. The first-order valence-electron chi connectivity index (χ1n) is 8.12. The van der Waals surface area contributed by atoms with E-state index in [4.69, 9.17) is 16.3 Å². The maximum atomic E-state index is 12.1. The molecule has 3 rings (SSSR count). The van der Waals surface area contributed by atoms with Crippen LogP contribution in [0.5, 0.6) is 5.75 Å². The lowest BCUT2D eigenvalue weighted by atomic mass is 10.1. The summed E-state index contributed by atoms with van der Waals surface area (Å²) < 4.78 is 5.26. The molecule has 6 nitrogen and oxygen atoms in total. The first-order valence-corrected chi connectivity index (χ1v) is 8.50. The van der Waals surface area contributed by atoms with Gasteiger partial charge in [0.2, 0.25) is 0 Å². The maximum Gasteiger partial charge on any atom is 0.289 e. The zero-order valence-corrected chi connectivity index (χ0v) is 15.3. The van der Waals surface area contributed by atoms with E-state index in [1.807, 2.05) is 48.5 Å². The lowest BCUT2D eigenvalue weighted by Gasteiger charge is -2.02. The number of nitrogens with zero attached hydrogens (tertiary/aromatic N) is 2. The summed E-state index contributed by atoms with van der Waals surface area (Å²) in [5.41, 5.74) is 4.97. The van der Waals surface area contributed by atoms with Crippen LogP contribution in [0.15, 0.2) is 65.8 Å². The Hall–Kier alpha value is -3.38. The highest BCUT2D eigenvalue weighted by Gasteiger charge is 2.11. The minimum absolute atomic E-state index is 0.288. The fourth-order valence-electron chi connectivity index (χ4n) is 2.39. The number of hydrogen-bond donors (Lipinski definition) is 2. The molecule has 0 bridgehead atoms. The van der Waals surface area contributed by atoms with E-state index in [2.05, 4.69) is 20.7 Å². The van der Waals surface area contributed by atoms with Crippen LogP contribution in [0.1, 0.15) is 16.1 Å². The first-order chi connectivity index (χ1) is 13.2. The highest BCUT2D eigenvalue weighted by molar-refractivity contribution is 6.33. The predicted molar refractivity (Wildman–Crippen MR) is 107 cm³/mol. The smallest absolute Gasteiger partial charge is 0.289 e. The van der Waals surface area contributed by atoms with Gasteiger partial charge in [0.15, 0.2) is 0 Å². The molecule has 27 heavy (non-hydrogen) atoms. The Kier molecular flexibility index (Phi) is 6.02. The molecule has 136 valence electrons. The number of rotatable bonds is 6. The second-order valence-corrected chi connectivity index (χ2v) is 5.87. The van der Waals surface area contributed by atoms with Gasteiger partial charge in [-0.05, 0) is 30.4 Å². The lowest BCUT2D eigenvalue weighted by Crippen LogP contribution is -2.17. The summed E-state index contributed by atoms with van der Waals surface area (Å²) in [6.45, 7) is 0. The lowest BCUT2D eigenvalue weighted by molar-refractivity contribution is 0.0950. The number of hydrazone groups is 1. The van der Waals surface area contributed by atoms with Crippen molar-refractivity contribution in [3.63, 3.8) is 0 Å². The number of aromatic nitrogens is 2. The molecular formula is C20H17ClN4O2. The van der Waals surface area contributed by atoms with E-state index in [-0.39, 0.29) is 5.69 Å². The molecule has 0 aliphatic rings. The molecular weight excluding hydrogens is 364 g/mol. The van der Waals surface area contributed by atoms with E-state index in [0.29, 0.717) is 10.7 Å². The molecule has 0 aliphatic heterocycles. The number of allylic oxidation sites excluding steroid dienone is 1. The van der Waals surface area contributed by atoms with Crippen LogP contribution in [0.25, 0.3) is 17.3 Å². The summed E-state index contributed by atoms with van der Waals surface area (Å²) in [5, 5.41) is 11.3. The van der Waals surface area contributed by atoms with E-state index < -0.39 is 5.91 Å². The zero-order chi connectivity index (χ0) is 19.1. The van der Waals surface area contributed by atoms with Crippen LogP contribution < -0.4 is 10.2 Å². The minimum Gasteiger partial charge on any atom is -0.496 e.